The second kappa shape index (κ2) is 9.28. The van der Waals surface area contributed by atoms with E-state index in [9.17, 15) is 4.79 Å². The molecule has 1 amide bonds. The summed E-state index contributed by atoms with van der Waals surface area (Å²) in [5.74, 6) is 0.0692. The highest BCUT2D eigenvalue weighted by Gasteiger charge is 2.25. The number of nitrogens with zero attached hydrogens (tertiary/aromatic N) is 3. The quantitative estimate of drug-likeness (QED) is 0.447. The second-order valence-electron chi connectivity index (χ2n) is 8.20. The molecule has 2 aromatic carbocycles. The van der Waals surface area contributed by atoms with Crippen LogP contribution in [-0.2, 0) is 11.3 Å². The molecule has 1 aliphatic rings. The first kappa shape index (κ1) is 20.3. The lowest BCUT2D eigenvalue weighted by Gasteiger charge is -2.32. The van der Waals surface area contributed by atoms with Crippen LogP contribution in [0.4, 0.5) is 0 Å². The van der Waals surface area contributed by atoms with Crippen molar-refractivity contribution in [1.82, 2.24) is 14.9 Å². The predicted molar refractivity (Wildman–Crippen MR) is 125 cm³/mol. The number of hydrogen-bond acceptors (Lipinski definition) is 4. The molecule has 1 atom stereocenters. The third-order valence-electron chi connectivity index (χ3n) is 5.97. The van der Waals surface area contributed by atoms with Gasteiger partial charge in [0.1, 0.15) is 0 Å². The summed E-state index contributed by atoms with van der Waals surface area (Å²) in [4.78, 5) is 23.3. The second-order valence-corrected chi connectivity index (χ2v) is 8.20. The fourth-order valence-electron chi connectivity index (χ4n) is 4.24. The molecule has 4 aromatic rings. The molecule has 5 rings (SSSR count). The highest BCUT2D eigenvalue weighted by atomic mass is 16.5. The number of ether oxygens (including phenoxy) is 1. The molecule has 0 aliphatic carbocycles. The van der Waals surface area contributed by atoms with Crippen LogP contribution in [0.2, 0.25) is 0 Å². The Balaban J connectivity index is 1.28. The highest BCUT2D eigenvalue weighted by Crippen LogP contribution is 2.26. The van der Waals surface area contributed by atoms with Crippen molar-refractivity contribution in [3.05, 3.63) is 96.6 Å². The Kier molecular flexibility index (Phi) is 5.90. The van der Waals surface area contributed by atoms with Gasteiger partial charge in [-0.2, -0.15) is 0 Å². The van der Waals surface area contributed by atoms with E-state index in [2.05, 4.69) is 28.2 Å². The van der Waals surface area contributed by atoms with Crippen LogP contribution in [0.25, 0.3) is 21.9 Å². The van der Waals surface area contributed by atoms with E-state index in [-0.39, 0.29) is 12.0 Å². The molecular weight excluding hydrogens is 398 g/mol. The summed E-state index contributed by atoms with van der Waals surface area (Å²) in [5.41, 5.74) is 4.05. The maximum absolute atomic E-state index is 13.2. The van der Waals surface area contributed by atoms with E-state index in [1.165, 1.54) is 0 Å². The molecule has 0 bridgehead atoms. The summed E-state index contributed by atoms with van der Waals surface area (Å²) in [5, 5.41) is 2.18. The van der Waals surface area contributed by atoms with Gasteiger partial charge in [0, 0.05) is 43.4 Å². The van der Waals surface area contributed by atoms with Crippen LogP contribution in [0.5, 0.6) is 0 Å². The summed E-state index contributed by atoms with van der Waals surface area (Å²) in [6.07, 6.45) is 9.15. The minimum Gasteiger partial charge on any atom is -0.372 e. The molecule has 2 aromatic heterocycles. The topological polar surface area (TPSA) is 55.3 Å². The molecule has 1 fully saturated rings. The van der Waals surface area contributed by atoms with E-state index >= 15 is 0 Å². The maximum atomic E-state index is 13.2. The third kappa shape index (κ3) is 4.53. The average Bonchev–Trinajstić information content (AvgIpc) is 2.88. The van der Waals surface area contributed by atoms with Crippen LogP contribution in [0.1, 0.15) is 28.8 Å². The summed E-state index contributed by atoms with van der Waals surface area (Å²) in [6.45, 7) is 1.92. The van der Waals surface area contributed by atoms with Crippen LogP contribution in [0, 0.1) is 0 Å². The Morgan fingerprint density at radius 1 is 0.938 bits per heavy atom. The van der Waals surface area contributed by atoms with Gasteiger partial charge in [0.05, 0.1) is 12.7 Å². The molecule has 1 aliphatic heterocycles. The number of aromatic nitrogens is 2. The number of fused-ring (bicyclic) bond motifs is 1. The van der Waals surface area contributed by atoms with Crippen molar-refractivity contribution in [3.8, 4) is 11.1 Å². The van der Waals surface area contributed by atoms with Crippen molar-refractivity contribution < 1.29 is 9.53 Å². The van der Waals surface area contributed by atoms with Crippen molar-refractivity contribution in [2.24, 2.45) is 0 Å². The molecular formula is C27H25N3O2. The average molecular weight is 424 g/mol. The Labute approximate surface area is 187 Å². The normalized spacial score (nSPS) is 16.2. The van der Waals surface area contributed by atoms with Gasteiger partial charge in [-0.3, -0.25) is 14.8 Å². The van der Waals surface area contributed by atoms with Crippen molar-refractivity contribution in [1.29, 1.82) is 0 Å². The van der Waals surface area contributed by atoms with Crippen molar-refractivity contribution in [3.63, 3.8) is 0 Å². The van der Waals surface area contributed by atoms with E-state index < -0.39 is 0 Å². The van der Waals surface area contributed by atoms with Crippen LogP contribution in [0.3, 0.4) is 0 Å². The van der Waals surface area contributed by atoms with E-state index in [0.717, 1.165) is 52.4 Å². The van der Waals surface area contributed by atoms with E-state index in [1.54, 1.807) is 18.6 Å². The van der Waals surface area contributed by atoms with Crippen molar-refractivity contribution in [2.45, 2.75) is 25.6 Å². The smallest absolute Gasteiger partial charge is 0.253 e. The standard InChI is InChI=1S/C27H25N3O2/c31-27(30-14-2-4-26(18-30)32-19-20-3-1-11-29-17-20)25-8-7-23-15-22(5-6-24(23)16-25)21-9-12-28-13-10-21/h1,3,5-13,15-17,26H,2,4,14,18-19H2. The molecule has 160 valence electrons. The molecule has 5 heteroatoms. The largest absolute Gasteiger partial charge is 0.372 e. The first-order chi connectivity index (χ1) is 15.8. The molecule has 5 nitrogen and oxygen atoms in total. The minimum absolute atomic E-state index is 0.0521. The number of hydrogen-bond donors (Lipinski definition) is 0. The van der Waals surface area contributed by atoms with Gasteiger partial charge in [0.25, 0.3) is 5.91 Å². The Morgan fingerprint density at radius 2 is 1.78 bits per heavy atom. The number of carbonyl (C=O) groups excluding carboxylic acids is 1. The van der Waals surface area contributed by atoms with Gasteiger partial charge in [-0.1, -0.05) is 24.3 Å². The zero-order valence-corrected chi connectivity index (χ0v) is 17.9. The number of pyridine rings is 2. The lowest BCUT2D eigenvalue weighted by molar-refractivity contribution is -0.00680. The monoisotopic (exact) mass is 423 g/mol. The lowest BCUT2D eigenvalue weighted by Crippen LogP contribution is -2.43. The Hall–Kier alpha value is -3.57. The van der Waals surface area contributed by atoms with Gasteiger partial charge in [-0.25, -0.2) is 0 Å². The molecule has 3 heterocycles. The summed E-state index contributed by atoms with van der Waals surface area (Å²) < 4.78 is 6.07. The zero-order chi connectivity index (χ0) is 21.8. The van der Waals surface area contributed by atoms with Gasteiger partial charge >= 0.3 is 0 Å². The zero-order valence-electron chi connectivity index (χ0n) is 17.9. The molecule has 1 unspecified atom stereocenters. The van der Waals surface area contributed by atoms with Crippen molar-refractivity contribution >= 4 is 16.7 Å². The molecule has 0 N–H and O–H groups in total. The van der Waals surface area contributed by atoms with E-state index in [0.29, 0.717) is 13.2 Å². The summed E-state index contributed by atoms with van der Waals surface area (Å²) >= 11 is 0. The van der Waals surface area contributed by atoms with Crippen LogP contribution in [0.15, 0.2) is 85.5 Å². The maximum Gasteiger partial charge on any atom is 0.253 e. The van der Waals surface area contributed by atoms with Gasteiger partial charge in [0.15, 0.2) is 0 Å². The fraction of sp³-hybridized carbons (Fsp3) is 0.222. The first-order valence-electron chi connectivity index (χ1n) is 11.0. The van der Waals surface area contributed by atoms with Crippen molar-refractivity contribution in [2.75, 3.05) is 13.1 Å². The van der Waals surface area contributed by atoms with Gasteiger partial charge in [-0.05, 0) is 76.7 Å². The highest BCUT2D eigenvalue weighted by molar-refractivity contribution is 5.99. The van der Waals surface area contributed by atoms with E-state index in [1.807, 2.05) is 53.6 Å². The number of likely N-dealkylation sites (tertiary alicyclic amines) is 1. The van der Waals surface area contributed by atoms with Gasteiger partial charge in [0.2, 0.25) is 0 Å². The SMILES string of the molecule is O=C(c1ccc2cc(-c3ccncc3)ccc2c1)N1CCCC(OCc2cccnc2)C1. The lowest BCUT2D eigenvalue weighted by atomic mass is 10.00. The Morgan fingerprint density at radius 3 is 2.62 bits per heavy atom. The first-order valence-corrected chi connectivity index (χ1v) is 11.0. The summed E-state index contributed by atoms with van der Waals surface area (Å²) in [7, 11) is 0. The van der Waals surface area contributed by atoms with Gasteiger partial charge < -0.3 is 9.64 Å². The molecule has 0 saturated carbocycles. The molecule has 1 saturated heterocycles. The molecule has 32 heavy (non-hydrogen) atoms. The number of rotatable bonds is 5. The molecule has 0 radical (unpaired) electrons. The minimum atomic E-state index is 0.0521. The number of amides is 1. The Bertz CT molecular complexity index is 1210. The number of carbonyl (C=O) groups is 1. The third-order valence-corrected chi connectivity index (χ3v) is 5.97. The van der Waals surface area contributed by atoms with Crippen LogP contribution < -0.4 is 0 Å². The van der Waals surface area contributed by atoms with E-state index in [4.69, 9.17) is 4.74 Å². The molecule has 0 spiro atoms. The van der Waals surface area contributed by atoms with Gasteiger partial charge in [-0.15, -0.1) is 0 Å². The van der Waals surface area contributed by atoms with Crippen LogP contribution >= 0.6 is 0 Å². The number of benzene rings is 2. The fourth-order valence-corrected chi connectivity index (χ4v) is 4.24. The number of piperidine rings is 1. The summed E-state index contributed by atoms with van der Waals surface area (Å²) in [6, 6.07) is 20.2. The predicted octanol–water partition coefficient (Wildman–Crippen LogP) is 5.12. The van der Waals surface area contributed by atoms with Crippen LogP contribution in [-0.4, -0.2) is 40.0 Å².